The van der Waals surface area contributed by atoms with Gasteiger partial charge in [0.1, 0.15) is 5.01 Å². The molecule has 15 heavy (non-hydrogen) atoms. The van der Waals surface area contributed by atoms with Crippen molar-refractivity contribution in [3.63, 3.8) is 0 Å². The molecular formula is C11H19N3S. The summed E-state index contributed by atoms with van der Waals surface area (Å²) in [6.07, 6.45) is 0. The predicted octanol–water partition coefficient (Wildman–Crippen LogP) is 1.55. The maximum Gasteiger partial charge on any atom is 0.107 e. The summed E-state index contributed by atoms with van der Waals surface area (Å²) in [5, 5.41) is 4.72. The number of piperazine rings is 1. The average molecular weight is 225 g/mol. The Hall–Kier alpha value is -0.450. The van der Waals surface area contributed by atoms with Gasteiger partial charge in [-0.05, 0) is 20.8 Å². The Kier molecular flexibility index (Phi) is 3.38. The van der Waals surface area contributed by atoms with Crippen molar-refractivity contribution in [2.75, 3.05) is 19.6 Å². The second kappa shape index (κ2) is 4.60. The summed E-state index contributed by atoms with van der Waals surface area (Å²) in [4.78, 5) is 8.43. The molecule has 2 rings (SSSR count). The fourth-order valence-electron chi connectivity index (χ4n) is 1.95. The topological polar surface area (TPSA) is 28.2 Å². The van der Waals surface area contributed by atoms with E-state index in [0.717, 1.165) is 26.2 Å². The van der Waals surface area contributed by atoms with Gasteiger partial charge in [0, 0.05) is 30.6 Å². The Balaban J connectivity index is 1.96. The molecule has 1 saturated heterocycles. The van der Waals surface area contributed by atoms with Crippen molar-refractivity contribution >= 4 is 11.3 Å². The molecule has 0 aromatic carbocycles. The first-order valence-corrected chi connectivity index (χ1v) is 6.35. The number of hydrogen-bond acceptors (Lipinski definition) is 4. The van der Waals surface area contributed by atoms with Crippen LogP contribution in [0.5, 0.6) is 0 Å². The van der Waals surface area contributed by atoms with Crippen LogP contribution >= 0.6 is 11.3 Å². The molecule has 1 aliphatic rings. The average Bonchev–Trinajstić information content (AvgIpc) is 2.45. The fourth-order valence-corrected chi connectivity index (χ4v) is 2.93. The molecule has 0 radical (unpaired) electrons. The fraction of sp³-hybridized carbons (Fsp3) is 0.727. The van der Waals surface area contributed by atoms with Gasteiger partial charge in [0.2, 0.25) is 0 Å². The van der Waals surface area contributed by atoms with E-state index in [0.29, 0.717) is 6.04 Å². The van der Waals surface area contributed by atoms with Crippen molar-refractivity contribution in [1.29, 1.82) is 0 Å². The lowest BCUT2D eigenvalue weighted by Crippen LogP contribution is -2.48. The molecule has 0 amide bonds. The molecule has 1 fully saturated rings. The van der Waals surface area contributed by atoms with Crippen LogP contribution < -0.4 is 5.32 Å². The molecule has 84 valence electrons. The number of aromatic nitrogens is 1. The molecule has 1 aromatic heterocycles. The molecule has 1 N–H and O–H groups in total. The molecule has 0 spiro atoms. The summed E-state index contributed by atoms with van der Waals surface area (Å²) in [6.45, 7) is 10.9. The van der Waals surface area contributed by atoms with Crippen molar-refractivity contribution in [3.8, 4) is 0 Å². The SMILES string of the molecule is Cc1nc(CN2CCNC(C)C2)sc1C. The van der Waals surface area contributed by atoms with Crippen LogP contribution in [0.1, 0.15) is 22.5 Å². The van der Waals surface area contributed by atoms with Gasteiger partial charge in [-0.15, -0.1) is 11.3 Å². The van der Waals surface area contributed by atoms with E-state index in [-0.39, 0.29) is 0 Å². The van der Waals surface area contributed by atoms with Gasteiger partial charge in [-0.1, -0.05) is 0 Å². The first-order chi connectivity index (χ1) is 7.15. The smallest absolute Gasteiger partial charge is 0.107 e. The Labute approximate surface area is 95.5 Å². The lowest BCUT2D eigenvalue weighted by molar-refractivity contribution is 0.199. The van der Waals surface area contributed by atoms with E-state index in [1.54, 1.807) is 0 Å². The van der Waals surface area contributed by atoms with Gasteiger partial charge in [0.15, 0.2) is 0 Å². The van der Waals surface area contributed by atoms with Crippen molar-refractivity contribution in [3.05, 3.63) is 15.6 Å². The van der Waals surface area contributed by atoms with E-state index in [1.807, 2.05) is 11.3 Å². The molecule has 0 bridgehead atoms. The second-order valence-corrected chi connectivity index (χ2v) is 5.63. The van der Waals surface area contributed by atoms with Gasteiger partial charge in [-0.25, -0.2) is 4.98 Å². The molecule has 1 unspecified atom stereocenters. The van der Waals surface area contributed by atoms with Crippen molar-refractivity contribution < 1.29 is 0 Å². The third-order valence-corrected chi connectivity index (χ3v) is 3.94. The van der Waals surface area contributed by atoms with Gasteiger partial charge >= 0.3 is 0 Å². The first-order valence-electron chi connectivity index (χ1n) is 5.54. The number of thiazole rings is 1. The van der Waals surface area contributed by atoms with E-state index in [9.17, 15) is 0 Å². The van der Waals surface area contributed by atoms with Gasteiger partial charge in [0.25, 0.3) is 0 Å². The Morgan fingerprint density at radius 3 is 2.93 bits per heavy atom. The minimum Gasteiger partial charge on any atom is -0.312 e. The Morgan fingerprint density at radius 1 is 1.53 bits per heavy atom. The van der Waals surface area contributed by atoms with Crippen LogP contribution in [0.15, 0.2) is 0 Å². The van der Waals surface area contributed by atoms with Crippen molar-refractivity contribution in [2.45, 2.75) is 33.4 Å². The van der Waals surface area contributed by atoms with Crippen molar-refractivity contribution in [2.24, 2.45) is 0 Å². The maximum atomic E-state index is 4.59. The summed E-state index contributed by atoms with van der Waals surface area (Å²) in [6, 6.07) is 0.612. The number of nitrogens with one attached hydrogen (secondary N) is 1. The van der Waals surface area contributed by atoms with E-state index in [4.69, 9.17) is 0 Å². The van der Waals surface area contributed by atoms with Crippen LogP contribution in [-0.2, 0) is 6.54 Å². The minimum atomic E-state index is 0.612. The molecule has 0 aliphatic carbocycles. The zero-order chi connectivity index (χ0) is 10.8. The van der Waals surface area contributed by atoms with Gasteiger partial charge in [-0.3, -0.25) is 4.90 Å². The van der Waals surface area contributed by atoms with Gasteiger partial charge in [-0.2, -0.15) is 0 Å². The predicted molar refractivity (Wildman–Crippen MR) is 64.3 cm³/mol. The molecule has 1 aliphatic heterocycles. The van der Waals surface area contributed by atoms with E-state index in [2.05, 4.69) is 36.0 Å². The van der Waals surface area contributed by atoms with Gasteiger partial charge < -0.3 is 5.32 Å². The summed E-state index contributed by atoms with van der Waals surface area (Å²) in [7, 11) is 0. The summed E-state index contributed by atoms with van der Waals surface area (Å²) in [5.74, 6) is 0. The highest BCUT2D eigenvalue weighted by Crippen LogP contribution is 2.18. The maximum absolute atomic E-state index is 4.59. The number of aryl methyl sites for hydroxylation is 2. The molecular weight excluding hydrogens is 206 g/mol. The van der Waals surface area contributed by atoms with Crippen LogP contribution in [0.3, 0.4) is 0 Å². The van der Waals surface area contributed by atoms with E-state index >= 15 is 0 Å². The Bertz CT molecular complexity index is 315. The first kappa shape index (κ1) is 11.0. The van der Waals surface area contributed by atoms with Crippen LogP contribution in [0.4, 0.5) is 0 Å². The molecule has 4 heteroatoms. The van der Waals surface area contributed by atoms with Crippen molar-refractivity contribution in [1.82, 2.24) is 15.2 Å². The van der Waals surface area contributed by atoms with Crippen LogP contribution in [0, 0.1) is 13.8 Å². The lowest BCUT2D eigenvalue weighted by Gasteiger charge is -2.31. The van der Waals surface area contributed by atoms with E-state index in [1.165, 1.54) is 15.6 Å². The molecule has 1 atom stereocenters. The molecule has 2 heterocycles. The second-order valence-electron chi connectivity index (χ2n) is 4.34. The summed E-state index contributed by atoms with van der Waals surface area (Å²) in [5.41, 5.74) is 1.19. The lowest BCUT2D eigenvalue weighted by atomic mass is 10.2. The summed E-state index contributed by atoms with van der Waals surface area (Å²) < 4.78 is 0. The highest BCUT2D eigenvalue weighted by atomic mass is 32.1. The zero-order valence-electron chi connectivity index (χ0n) is 9.71. The third kappa shape index (κ3) is 2.77. The Morgan fingerprint density at radius 2 is 2.33 bits per heavy atom. The highest BCUT2D eigenvalue weighted by Gasteiger charge is 2.16. The van der Waals surface area contributed by atoms with Crippen LogP contribution in [0.25, 0.3) is 0 Å². The van der Waals surface area contributed by atoms with Crippen LogP contribution in [0.2, 0.25) is 0 Å². The number of hydrogen-bond donors (Lipinski definition) is 1. The highest BCUT2D eigenvalue weighted by molar-refractivity contribution is 7.11. The monoisotopic (exact) mass is 225 g/mol. The van der Waals surface area contributed by atoms with Gasteiger partial charge in [0.05, 0.1) is 12.2 Å². The van der Waals surface area contributed by atoms with Crippen LogP contribution in [-0.4, -0.2) is 35.6 Å². The quantitative estimate of drug-likeness (QED) is 0.828. The summed E-state index contributed by atoms with van der Waals surface area (Å²) >= 11 is 1.84. The molecule has 0 saturated carbocycles. The molecule has 1 aromatic rings. The number of rotatable bonds is 2. The normalized spacial score (nSPS) is 23.3. The van der Waals surface area contributed by atoms with E-state index < -0.39 is 0 Å². The standard InChI is InChI=1S/C11H19N3S/c1-8-6-14(5-4-12-8)7-11-13-9(2)10(3)15-11/h8,12H,4-7H2,1-3H3. The number of nitrogens with zero attached hydrogens (tertiary/aromatic N) is 2. The largest absolute Gasteiger partial charge is 0.312 e. The minimum absolute atomic E-state index is 0.612. The molecule has 3 nitrogen and oxygen atoms in total. The zero-order valence-corrected chi connectivity index (χ0v) is 10.5. The third-order valence-electron chi connectivity index (χ3n) is 2.88.